The number of hydrogen-bond donors (Lipinski definition) is 2. The second kappa shape index (κ2) is 6.88. The molecule has 9 heteroatoms. The molecule has 0 aliphatic carbocycles. The summed E-state index contributed by atoms with van der Waals surface area (Å²) in [5.41, 5.74) is 0.686. The normalized spacial score (nSPS) is 18.8. The molecule has 2 N–H and O–H groups in total. The fourth-order valence-corrected chi connectivity index (χ4v) is 3.37. The van der Waals surface area contributed by atoms with Crippen molar-refractivity contribution in [3.63, 3.8) is 0 Å². The van der Waals surface area contributed by atoms with Crippen LogP contribution < -0.4 is 10.2 Å². The molecular formula is C17H25N5O3S. The summed E-state index contributed by atoms with van der Waals surface area (Å²) < 4.78 is 29.2. The van der Waals surface area contributed by atoms with Crippen molar-refractivity contribution in [1.82, 2.24) is 15.2 Å². The number of hydrogen-bond acceptors (Lipinski definition) is 7. The number of H-pyrrole nitrogens is 1. The molecular weight excluding hydrogens is 354 g/mol. The number of nitrogens with zero attached hydrogens (tertiary/aromatic N) is 3. The van der Waals surface area contributed by atoms with Gasteiger partial charge in [0, 0.05) is 18.9 Å². The van der Waals surface area contributed by atoms with E-state index >= 15 is 0 Å². The summed E-state index contributed by atoms with van der Waals surface area (Å²) in [5, 5.41) is 9.90. The van der Waals surface area contributed by atoms with Crippen LogP contribution in [0.2, 0.25) is 0 Å². The van der Waals surface area contributed by atoms with Gasteiger partial charge in [0.15, 0.2) is 9.84 Å². The van der Waals surface area contributed by atoms with Gasteiger partial charge in [-0.2, -0.15) is 5.10 Å². The summed E-state index contributed by atoms with van der Waals surface area (Å²) in [5.74, 6) is 1.99. The molecule has 1 aliphatic rings. The molecule has 0 unspecified atom stereocenters. The maximum Gasteiger partial charge on any atom is 0.156 e. The Hall–Kier alpha value is -2.13. The lowest BCUT2D eigenvalue weighted by Gasteiger charge is -2.35. The lowest BCUT2D eigenvalue weighted by Crippen LogP contribution is -2.44. The third-order valence-corrected chi connectivity index (χ3v) is 6.95. The third kappa shape index (κ3) is 3.68. The van der Waals surface area contributed by atoms with Crippen LogP contribution >= 0.6 is 0 Å². The number of sulfone groups is 1. The molecule has 1 saturated heterocycles. The first-order chi connectivity index (χ1) is 12.2. The summed E-state index contributed by atoms with van der Waals surface area (Å²) in [6.07, 6.45) is 2.89. The van der Waals surface area contributed by atoms with Crippen LogP contribution in [0.25, 0.3) is 0 Å². The van der Waals surface area contributed by atoms with Crippen molar-refractivity contribution in [2.45, 2.75) is 31.6 Å². The van der Waals surface area contributed by atoms with Gasteiger partial charge >= 0.3 is 0 Å². The molecule has 1 aliphatic heterocycles. The first kappa shape index (κ1) is 18.7. The summed E-state index contributed by atoms with van der Waals surface area (Å²) in [6, 6.07) is 5.58. The number of ether oxygens (including phenoxy) is 1. The van der Waals surface area contributed by atoms with Gasteiger partial charge in [0.2, 0.25) is 0 Å². The van der Waals surface area contributed by atoms with E-state index in [2.05, 4.69) is 27.3 Å². The van der Waals surface area contributed by atoms with E-state index in [1.54, 1.807) is 32.2 Å². The number of anilines is 3. The Morgan fingerprint density at radius 3 is 2.77 bits per heavy atom. The second-order valence-corrected chi connectivity index (χ2v) is 9.66. The predicted molar refractivity (Wildman–Crippen MR) is 102 cm³/mol. The molecule has 26 heavy (non-hydrogen) atoms. The SMILES string of the molecule is C[C@@H]1COCCN1c1cc(C(C)(C)S(C)(=O)=O)cc(Nc2ccn[nH]2)n1. The second-order valence-electron chi connectivity index (χ2n) is 7.09. The Morgan fingerprint density at radius 1 is 1.38 bits per heavy atom. The Bertz CT molecular complexity index is 865. The molecule has 2 aromatic heterocycles. The van der Waals surface area contributed by atoms with Crippen LogP contribution in [0.4, 0.5) is 17.5 Å². The number of aromatic amines is 1. The molecule has 0 spiro atoms. The maximum absolute atomic E-state index is 12.3. The highest BCUT2D eigenvalue weighted by Crippen LogP contribution is 2.34. The quantitative estimate of drug-likeness (QED) is 0.820. The summed E-state index contributed by atoms with van der Waals surface area (Å²) >= 11 is 0. The van der Waals surface area contributed by atoms with Crippen LogP contribution in [0.5, 0.6) is 0 Å². The average Bonchev–Trinajstić information content (AvgIpc) is 3.07. The number of aromatic nitrogens is 3. The van der Waals surface area contributed by atoms with E-state index < -0.39 is 14.6 Å². The molecule has 0 radical (unpaired) electrons. The van der Waals surface area contributed by atoms with Crippen molar-refractivity contribution in [2.75, 3.05) is 36.2 Å². The number of morpholine rings is 1. The molecule has 1 fully saturated rings. The lowest BCUT2D eigenvalue weighted by molar-refractivity contribution is 0.0985. The standard InChI is InChI=1S/C17H25N5O3S/c1-12-11-25-8-7-22(12)16-10-13(17(2,3)26(4,23)24)9-15(20-16)19-14-5-6-18-21-14/h5-6,9-10,12H,7-8,11H2,1-4H3,(H2,18,19,20,21)/t12-/m1/s1. The average molecular weight is 379 g/mol. The zero-order valence-corrected chi connectivity index (χ0v) is 16.3. The van der Waals surface area contributed by atoms with Crippen LogP contribution in [0.3, 0.4) is 0 Å². The summed E-state index contributed by atoms with van der Waals surface area (Å²) in [4.78, 5) is 6.84. The van der Waals surface area contributed by atoms with Crippen molar-refractivity contribution < 1.29 is 13.2 Å². The molecule has 0 aromatic carbocycles. The fourth-order valence-electron chi connectivity index (χ4n) is 2.82. The highest BCUT2D eigenvalue weighted by atomic mass is 32.2. The largest absolute Gasteiger partial charge is 0.377 e. The third-order valence-electron chi connectivity index (χ3n) is 4.86. The van der Waals surface area contributed by atoms with Crippen LogP contribution in [0.15, 0.2) is 24.4 Å². The molecule has 2 aromatic rings. The minimum absolute atomic E-state index is 0.160. The number of rotatable bonds is 5. The van der Waals surface area contributed by atoms with Gasteiger partial charge in [0.1, 0.15) is 17.5 Å². The molecule has 1 atom stereocenters. The van der Waals surface area contributed by atoms with Gasteiger partial charge in [-0.1, -0.05) is 0 Å². The van der Waals surface area contributed by atoms with Gasteiger partial charge in [-0.25, -0.2) is 13.4 Å². The Kier molecular flexibility index (Phi) is 4.94. The minimum atomic E-state index is -3.31. The van der Waals surface area contributed by atoms with Gasteiger partial charge in [0.05, 0.1) is 30.2 Å². The van der Waals surface area contributed by atoms with Crippen LogP contribution in [-0.2, 0) is 19.3 Å². The van der Waals surface area contributed by atoms with E-state index in [0.29, 0.717) is 37.0 Å². The fraction of sp³-hybridized carbons (Fsp3) is 0.529. The maximum atomic E-state index is 12.3. The van der Waals surface area contributed by atoms with Gasteiger partial charge in [-0.3, -0.25) is 5.10 Å². The zero-order chi connectivity index (χ0) is 18.9. The van der Waals surface area contributed by atoms with Crippen molar-refractivity contribution >= 4 is 27.3 Å². The van der Waals surface area contributed by atoms with Crippen molar-refractivity contribution in [3.05, 3.63) is 30.0 Å². The van der Waals surface area contributed by atoms with Gasteiger partial charge in [-0.05, 0) is 38.5 Å². The van der Waals surface area contributed by atoms with Gasteiger partial charge in [0.25, 0.3) is 0 Å². The Morgan fingerprint density at radius 2 is 2.15 bits per heavy atom. The van der Waals surface area contributed by atoms with E-state index in [1.165, 1.54) is 6.26 Å². The number of nitrogens with one attached hydrogen (secondary N) is 2. The molecule has 3 rings (SSSR count). The van der Waals surface area contributed by atoms with Crippen LogP contribution in [0, 0.1) is 0 Å². The highest BCUT2D eigenvalue weighted by molar-refractivity contribution is 7.91. The molecule has 0 saturated carbocycles. The smallest absolute Gasteiger partial charge is 0.156 e. The van der Waals surface area contributed by atoms with E-state index in [9.17, 15) is 8.42 Å². The predicted octanol–water partition coefficient (Wildman–Crippen LogP) is 2.05. The van der Waals surface area contributed by atoms with Gasteiger partial charge in [-0.15, -0.1) is 0 Å². The topological polar surface area (TPSA) is 100 Å². The molecule has 142 valence electrons. The van der Waals surface area contributed by atoms with E-state index in [1.807, 2.05) is 6.07 Å². The monoisotopic (exact) mass is 379 g/mol. The first-order valence-electron chi connectivity index (χ1n) is 8.51. The van der Waals surface area contributed by atoms with Crippen molar-refractivity contribution in [3.8, 4) is 0 Å². The first-order valence-corrected chi connectivity index (χ1v) is 10.4. The van der Waals surface area contributed by atoms with Crippen molar-refractivity contribution in [1.29, 1.82) is 0 Å². The highest BCUT2D eigenvalue weighted by Gasteiger charge is 2.34. The van der Waals surface area contributed by atoms with Crippen LogP contribution in [0.1, 0.15) is 26.3 Å². The molecule has 3 heterocycles. The molecule has 0 amide bonds. The minimum Gasteiger partial charge on any atom is -0.377 e. The Balaban J connectivity index is 2.07. The number of pyridine rings is 1. The van der Waals surface area contributed by atoms with E-state index in [-0.39, 0.29) is 6.04 Å². The van der Waals surface area contributed by atoms with Crippen molar-refractivity contribution in [2.24, 2.45) is 0 Å². The Labute approximate surface area is 153 Å². The van der Waals surface area contributed by atoms with E-state index in [4.69, 9.17) is 9.72 Å². The summed E-state index contributed by atoms with van der Waals surface area (Å²) in [7, 11) is -3.31. The lowest BCUT2D eigenvalue weighted by atomic mass is 10.0. The van der Waals surface area contributed by atoms with E-state index in [0.717, 1.165) is 5.82 Å². The van der Waals surface area contributed by atoms with Crippen LogP contribution in [-0.4, -0.2) is 55.7 Å². The zero-order valence-electron chi connectivity index (χ0n) is 15.5. The molecule has 8 nitrogen and oxygen atoms in total. The summed E-state index contributed by atoms with van der Waals surface area (Å²) in [6.45, 7) is 7.44. The molecule has 0 bridgehead atoms. The van der Waals surface area contributed by atoms with Gasteiger partial charge < -0.3 is 15.0 Å².